The molecule has 0 fully saturated rings. The van der Waals surface area contributed by atoms with E-state index in [0.717, 1.165) is 0 Å². The van der Waals surface area contributed by atoms with E-state index in [1.807, 2.05) is 4.72 Å². The molecule has 1 heterocycles. The van der Waals surface area contributed by atoms with Gasteiger partial charge in [0.05, 0.1) is 6.61 Å². The summed E-state index contributed by atoms with van der Waals surface area (Å²) in [7, 11) is -4.21. The molecule has 10 heteroatoms. The van der Waals surface area contributed by atoms with Crippen molar-refractivity contribution in [3.05, 3.63) is 48.2 Å². The van der Waals surface area contributed by atoms with Gasteiger partial charge in [0.1, 0.15) is 17.3 Å². The number of aromatic nitrogens is 1. The van der Waals surface area contributed by atoms with Crippen molar-refractivity contribution in [3.8, 4) is 11.6 Å². The summed E-state index contributed by atoms with van der Waals surface area (Å²) in [5, 5.41) is 0. The van der Waals surface area contributed by atoms with Crippen LogP contribution in [0.15, 0.2) is 47.5 Å². The van der Waals surface area contributed by atoms with Crippen LogP contribution < -0.4 is 14.2 Å². The van der Waals surface area contributed by atoms with Crippen molar-refractivity contribution < 1.29 is 31.5 Å². The van der Waals surface area contributed by atoms with Crippen LogP contribution in [0.3, 0.4) is 0 Å². The minimum Gasteiger partial charge on any atom is -0.488 e. The van der Waals surface area contributed by atoms with Crippen molar-refractivity contribution in [1.29, 1.82) is 0 Å². The number of hydrogen-bond donors (Lipinski definition) is 1. The predicted molar refractivity (Wildman–Crippen MR) is 88.0 cm³/mol. The first-order valence-corrected chi connectivity index (χ1v) is 8.97. The Labute approximate surface area is 149 Å². The first-order valence-electron chi connectivity index (χ1n) is 7.49. The Morgan fingerprint density at radius 3 is 2.50 bits per heavy atom. The average molecular weight is 386 g/mol. The molecule has 0 saturated heterocycles. The van der Waals surface area contributed by atoms with Gasteiger partial charge in [-0.2, -0.15) is 0 Å². The van der Waals surface area contributed by atoms with Gasteiger partial charge in [0, 0.05) is 11.8 Å². The highest BCUT2D eigenvalue weighted by atomic mass is 32.2. The van der Waals surface area contributed by atoms with Crippen molar-refractivity contribution in [2.45, 2.75) is 18.2 Å². The van der Waals surface area contributed by atoms with Gasteiger partial charge >= 0.3 is 0 Å². The number of benzene rings is 1. The van der Waals surface area contributed by atoms with Crippen LogP contribution in [0.25, 0.3) is 0 Å². The summed E-state index contributed by atoms with van der Waals surface area (Å²) in [6.07, 6.45) is -1.26. The van der Waals surface area contributed by atoms with E-state index in [-0.39, 0.29) is 28.7 Å². The van der Waals surface area contributed by atoms with Crippen LogP contribution >= 0.6 is 0 Å². The largest absolute Gasteiger partial charge is 0.488 e. The number of halogens is 2. The molecule has 2 rings (SSSR count). The number of pyridine rings is 1. The Morgan fingerprint density at radius 1 is 1.19 bits per heavy atom. The highest BCUT2D eigenvalue weighted by molar-refractivity contribution is 7.90. The zero-order valence-corrected chi connectivity index (χ0v) is 14.5. The molecule has 0 aliphatic rings. The van der Waals surface area contributed by atoms with Gasteiger partial charge in [0.15, 0.2) is 0 Å². The lowest BCUT2D eigenvalue weighted by Crippen LogP contribution is -2.31. The van der Waals surface area contributed by atoms with Crippen LogP contribution in [-0.4, -0.2) is 38.9 Å². The molecule has 0 spiro atoms. The molecular formula is C16H16F2N2O5S. The number of carbonyl (C=O) groups excluding carboxylic acids is 1. The van der Waals surface area contributed by atoms with E-state index in [1.165, 1.54) is 42.6 Å². The number of ether oxygens (including phenoxy) is 2. The van der Waals surface area contributed by atoms with E-state index in [4.69, 9.17) is 9.47 Å². The van der Waals surface area contributed by atoms with Crippen molar-refractivity contribution >= 4 is 15.9 Å². The smallest absolute Gasteiger partial charge is 0.272 e. The van der Waals surface area contributed by atoms with Crippen LogP contribution in [0.4, 0.5) is 8.78 Å². The second-order valence-electron chi connectivity index (χ2n) is 4.90. The predicted octanol–water partition coefficient (Wildman–Crippen LogP) is 2.24. The van der Waals surface area contributed by atoms with Crippen molar-refractivity contribution in [1.82, 2.24) is 9.71 Å². The molecule has 0 unspecified atom stereocenters. The molecule has 0 bridgehead atoms. The van der Waals surface area contributed by atoms with Crippen LogP contribution in [0, 0.1) is 0 Å². The molecular weight excluding hydrogens is 370 g/mol. The Balaban J connectivity index is 2.13. The van der Waals surface area contributed by atoms with Crippen molar-refractivity contribution in [2.24, 2.45) is 0 Å². The third-order valence-corrected chi connectivity index (χ3v) is 4.37. The molecule has 1 amide bonds. The first-order chi connectivity index (χ1) is 12.3. The summed E-state index contributed by atoms with van der Waals surface area (Å²) in [5.41, 5.74) is 0.0137. The normalized spacial score (nSPS) is 11.2. The van der Waals surface area contributed by atoms with E-state index < -0.39 is 29.0 Å². The minimum atomic E-state index is -4.21. The molecule has 0 saturated carbocycles. The van der Waals surface area contributed by atoms with Crippen LogP contribution in [0.2, 0.25) is 0 Å². The van der Waals surface area contributed by atoms with Gasteiger partial charge in [-0.3, -0.25) is 4.79 Å². The fraction of sp³-hybridized carbons (Fsp3) is 0.250. The Kier molecular flexibility index (Phi) is 6.45. The van der Waals surface area contributed by atoms with E-state index in [1.54, 1.807) is 6.92 Å². The molecule has 1 aromatic carbocycles. The lowest BCUT2D eigenvalue weighted by molar-refractivity contribution is 0.0818. The number of nitrogens with one attached hydrogen (secondary N) is 1. The summed E-state index contributed by atoms with van der Waals surface area (Å²) in [6, 6.07) is 7.77. The fourth-order valence-electron chi connectivity index (χ4n) is 1.92. The molecule has 0 aliphatic carbocycles. The quantitative estimate of drug-likeness (QED) is 0.748. The monoisotopic (exact) mass is 386 g/mol. The SMILES string of the molecule is CCOc1ncccc1S(=O)(=O)NC(=O)c1ccc(OCC(F)F)cc1. The molecule has 0 radical (unpaired) electrons. The molecule has 7 nitrogen and oxygen atoms in total. The van der Waals surface area contributed by atoms with Gasteiger partial charge in [-0.05, 0) is 43.3 Å². The number of amides is 1. The molecule has 0 aliphatic heterocycles. The lowest BCUT2D eigenvalue weighted by atomic mass is 10.2. The summed E-state index contributed by atoms with van der Waals surface area (Å²) < 4.78 is 60.8. The summed E-state index contributed by atoms with van der Waals surface area (Å²) >= 11 is 0. The van der Waals surface area contributed by atoms with Crippen LogP contribution in [0.5, 0.6) is 11.6 Å². The number of alkyl halides is 2. The third-order valence-electron chi connectivity index (χ3n) is 3.03. The summed E-state index contributed by atoms with van der Waals surface area (Å²) in [5.74, 6) is -0.877. The number of hydrogen-bond acceptors (Lipinski definition) is 6. The van der Waals surface area contributed by atoms with Gasteiger partial charge in [0.2, 0.25) is 5.88 Å². The van der Waals surface area contributed by atoms with Gasteiger partial charge in [0.25, 0.3) is 22.4 Å². The molecule has 0 atom stereocenters. The number of rotatable bonds is 8. The first kappa shape index (κ1) is 19.6. The van der Waals surface area contributed by atoms with Crippen molar-refractivity contribution in [3.63, 3.8) is 0 Å². The molecule has 2 aromatic rings. The number of sulfonamides is 1. The van der Waals surface area contributed by atoms with Crippen molar-refractivity contribution in [2.75, 3.05) is 13.2 Å². The topological polar surface area (TPSA) is 94.6 Å². The zero-order valence-electron chi connectivity index (χ0n) is 13.7. The maximum Gasteiger partial charge on any atom is 0.272 e. The van der Waals surface area contributed by atoms with Crippen LogP contribution in [-0.2, 0) is 10.0 Å². The molecule has 140 valence electrons. The second-order valence-corrected chi connectivity index (χ2v) is 6.55. The van der Waals surface area contributed by atoms with Gasteiger partial charge in [-0.15, -0.1) is 0 Å². The van der Waals surface area contributed by atoms with Gasteiger partial charge in [-0.1, -0.05) is 0 Å². The third kappa shape index (κ3) is 5.12. The maximum absolute atomic E-state index is 12.4. The Morgan fingerprint density at radius 2 is 1.88 bits per heavy atom. The van der Waals surface area contributed by atoms with E-state index in [2.05, 4.69) is 4.98 Å². The molecule has 1 N–H and O–H groups in total. The highest BCUT2D eigenvalue weighted by Crippen LogP contribution is 2.21. The van der Waals surface area contributed by atoms with Gasteiger partial charge < -0.3 is 9.47 Å². The number of nitrogens with zero attached hydrogens (tertiary/aromatic N) is 1. The van der Waals surface area contributed by atoms with E-state index in [9.17, 15) is 22.0 Å². The lowest BCUT2D eigenvalue weighted by Gasteiger charge is -2.11. The Hall–Kier alpha value is -2.75. The maximum atomic E-state index is 12.4. The Bertz CT molecular complexity index is 857. The average Bonchev–Trinajstić information content (AvgIpc) is 2.60. The number of carbonyl (C=O) groups is 1. The highest BCUT2D eigenvalue weighted by Gasteiger charge is 2.23. The van der Waals surface area contributed by atoms with Gasteiger partial charge in [-0.25, -0.2) is 26.9 Å². The van der Waals surface area contributed by atoms with Crippen LogP contribution in [0.1, 0.15) is 17.3 Å². The molecule has 1 aromatic heterocycles. The minimum absolute atomic E-state index is 0.0137. The second kappa shape index (κ2) is 8.56. The zero-order chi connectivity index (χ0) is 19.2. The standard InChI is InChI=1S/C16H16F2N2O5S/c1-2-24-16-13(4-3-9-19-16)26(22,23)20-15(21)11-5-7-12(8-6-11)25-10-14(17)18/h3-9,14H,2,10H2,1H3,(H,20,21). The fourth-order valence-corrected chi connectivity index (χ4v) is 2.99. The summed E-state index contributed by atoms with van der Waals surface area (Å²) in [6.45, 7) is 1.09. The van der Waals surface area contributed by atoms with E-state index >= 15 is 0 Å². The van der Waals surface area contributed by atoms with E-state index in [0.29, 0.717) is 0 Å². The molecule has 26 heavy (non-hydrogen) atoms. The summed E-state index contributed by atoms with van der Waals surface area (Å²) in [4.78, 5) is 15.7.